The molecule has 0 aliphatic rings. The highest BCUT2D eigenvalue weighted by Gasteiger charge is 2.19. The second kappa shape index (κ2) is 6.57. The molecule has 1 N–H and O–H groups in total. The number of aryl methyl sites for hydroxylation is 1. The zero-order valence-corrected chi connectivity index (χ0v) is 14.8. The number of carbonyl (C=O) groups is 1. The number of carbonyl (C=O) groups excluding carboxylic acids is 1. The lowest BCUT2D eigenvalue weighted by Gasteiger charge is -2.08. The molecule has 0 fully saturated rings. The van der Waals surface area contributed by atoms with Gasteiger partial charge in [-0.1, -0.05) is 23.3 Å². The van der Waals surface area contributed by atoms with Crippen LogP contribution in [-0.4, -0.2) is 28.2 Å². The van der Waals surface area contributed by atoms with Crippen molar-refractivity contribution >= 4 is 33.3 Å². The minimum Gasteiger partial charge on any atom is -0.472 e. The van der Waals surface area contributed by atoms with Crippen molar-refractivity contribution in [2.75, 3.05) is 12.4 Å². The van der Waals surface area contributed by atoms with E-state index in [1.165, 1.54) is 7.11 Å². The molecular formula is C18H14N4O3S. The predicted octanol–water partition coefficient (Wildman–Crippen LogP) is 3.92. The topological polar surface area (TPSA) is 90.1 Å². The van der Waals surface area contributed by atoms with Gasteiger partial charge in [0.2, 0.25) is 5.13 Å². The summed E-state index contributed by atoms with van der Waals surface area (Å²) in [5, 5.41) is 12.1. The number of ether oxygens (including phenoxy) is 1. The van der Waals surface area contributed by atoms with Crippen LogP contribution in [0.2, 0.25) is 0 Å². The van der Waals surface area contributed by atoms with Crippen LogP contribution in [0.1, 0.15) is 16.1 Å². The number of rotatable bonds is 4. The number of hydrogen-bond donors (Lipinski definition) is 1. The van der Waals surface area contributed by atoms with Crippen LogP contribution in [0.4, 0.5) is 5.13 Å². The van der Waals surface area contributed by atoms with Gasteiger partial charge in [0.05, 0.1) is 18.9 Å². The van der Waals surface area contributed by atoms with Crippen LogP contribution in [0.5, 0.6) is 5.19 Å². The highest BCUT2D eigenvalue weighted by molar-refractivity contribution is 7.17. The molecule has 0 saturated carbocycles. The first-order valence-corrected chi connectivity index (χ1v) is 8.59. The molecule has 0 bridgehead atoms. The lowest BCUT2D eigenvalue weighted by Crippen LogP contribution is -2.13. The fourth-order valence-electron chi connectivity index (χ4n) is 2.66. The predicted molar refractivity (Wildman–Crippen MR) is 98.6 cm³/mol. The van der Waals surface area contributed by atoms with Crippen molar-refractivity contribution in [1.29, 1.82) is 0 Å². The van der Waals surface area contributed by atoms with Crippen molar-refractivity contribution in [3.8, 4) is 16.3 Å². The molecule has 4 rings (SSSR count). The van der Waals surface area contributed by atoms with Gasteiger partial charge in [0.25, 0.3) is 11.1 Å². The molecule has 26 heavy (non-hydrogen) atoms. The normalized spacial score (nSPS) is 10.8. The summed E-state index contributed by atoms with van der Waals surface area (Å²) in [6.45, 7) is 1.88. The van der Waals surface area contributed by atoms with Gasteiger partial charge in [-0.25, -0.2) is 0 Å². The van der Waals surface area contributed by atoms with Crippen molar-refractivity contribution in [2.24, 2.45) is 0 Å². The van der Waals surface area contributed by atoms with Gasteiger partial charge in [0.15, 0.2) is 0 Å². The smallest absolute Gasteiger partial charge is 0.295 e. The third kappa shape index (κ3) is 2.91. The van der Waals surface area contributed by atoms with Crippen LogP contribution < -0.4 is 10.1 Å². The number of fused-ring (bicyclic) bond motifs is 1. The van der Waals surface area contributed by atoms with Gasteiger partial charge in [-0.15, -0.1) is 5.10 Å². The first-order valence-electron chi connectivity index (χ1n) is 7.78. The summed E-state index contributed by atoms with van der Waals surface area (Å²) in [6, 6.07) is 9.56. The lowest BCUT2D eigenvalue weighted by atomic mass is 9.99. The van der Waals surface area contributed by atoms with Gasteiger partial charge in [-0.3, -0.25) is 15.1 Å². The van der Waals surface area contributed by atoms with E-state index in [1.807, 2.05) is 37.3 Å². The van der Waals surface area contributed by atoms with E-state index in [-0.39, 0.29) is 5.91 Å². The maximum absolute atomic E-state index is 12.8. The monoisotopic (exact) mass is 366 g/mol. The van der Waals surface area contributed by atoms with Gasteiger partial charge < -0.3 is 9.15 Å². The van der Waals surface area contributed by atoms with E-state index in [2.05, 4.69) is 20.5 Å². The number of pyridine rings is 1. The van der Waals surface area contributed by atoms with Crippen LogP contribution >= 0.6 is 11.3 Å². The molecule has 3 aromatic heterocycles. The van der Waals surface area contributed by atoms with E-state index in [4.69, 9.17) is 9.15 Å². The number of amides is 1. The second-order valence-electron chi connectivity index (χ2n) is 5.55. The Bertz CT molecular complexity index is 1100. The Balaban J connectivity index is 1.76. The molecule has 3 heterocycles. The summed E-state index contributed by atoms with van der Waals surface area (Å²) < 4.78 is 10.6. The summed E-state index contributed by atoms with van der Waals surface area (Å²) in [7, 11) is 1.50. The summed E-state index contributed by atoms with van der Waals surface area (Å²) in [4.78, 5) is 17.1. The van der Waals surface area contributed by atoms with Crippen LogP contribution in [-0.2, 0) is 0 Å². The van der Waals surface area contributed by atoms with Crippen molar-refractivity contribution in [1.82, 2.24) is 15.2 Å². The average molecular weight is 366 g/mol. The zero-order valence-electron chi connectivity index (χ0n) is 14.0. The van der Waals surface area contributed by atoms with Crippen LogP contribution in [0, 0.1) is 6.92 Å². The average Bonchev–Trinajstić information content (AvgIpc) is 3.28. The molecule has 130 valence electrons. The summed E-state index contributed by atoms with van der Waals surface area (Å²) >= 11 is 1.15. The molecule has 0 spiro atoms. The number of nitrogens with zero attached hydrogens (tertiary/aromatic N) is 3. The first kappa shape index (κ1) is 16.2. The third-order valence-electron chi connectivity index (χ3n) is 3.86. The first-order chi connectivity index (χ1) is 12.7. The Morgan fingerprint density at radius 1 is 1.23 bits per heavy atom. The lowest BCUT2D eigenvalue weighted by molar-refractivity contribution is 0.102. The molecule has 0 aliphatic carbocycles. The van der Waals surface area contributed by atoms with E-state index in [1.54, 1.807) is 12.5 Å². The molecule has 1 amide bonds. The van der Waals surface area contributed by atoms with Gasteiger partial charge in [0, 0.05) is 28.4 Å². The largest absolute Gasteiger partial charge is 0.472 e. The van der Waals surface area contributed by atoms with Crippen molar-refractivity contribution in [3.63, 3.8) is 0 Å². The highest BCUT2D eigenvalue weighted by Crippen LogP contribution is 2.33. The van der Waals surface area contributed by atoms with Crippen LogP contribution in [0.15, 0.2) is 47.2 Å². The summed E-state index contributed by atoms with van der Waals surface area (Å²) in [5.41, 5.74) is 3.58. The number of nitrogens with one attached hydrogen (secondary N) is 1. The number of para-hydroxylation sites is 1. The number of methoxy groups -OCH3 is 1. The Hall–Kier alpha value is -3.26. The van der Waals surface area contributed by atoms with Crippen LogP contribution in [0.3, 0.4) is 0 Å². The van der Waals surface area contributed by atoms with E-state index >= 15 is 0 Å². The standard InChI is InChI=1S/C18H14N4O3S/c1-10-7-12(14-9-25-15-6-4-3-5-11(14)15)13(8-19-10)16(23)20-17-21-22-18(24-2)26-17/h3-9H,1-2H3,(H,20,21,23). The Morgan fingerprint density at radius 2 is 2.08 bits per heavy atom. The number of benzene rings is 1. The number of furan rings is 1. The molecule has 0 atom stereocenters. The highest BCUT2D eigenvalue weighted by atomic mass is 32.1. The zero-order chi connectivity index (χ0) is 18.1. The Kier molecular flexibility index (Phi) is 4.10. The van der Waals surface area contributed by atoms with Crippen LogP contribution in [0.25, 0.3) is 22.1 Å². The van der Waals surface area contributed by atoms with Crippen molar-refractivity contribution < 1.29 is 13.9 Å². The Labute approximate surface area is 152 Å². The molecule has 4 aromatic rings. The number of hydrogen-bond acceptors (Lipinski definition) is 7. The maximum Gasteiger partial charge on any atom is 0.295 e. The van der Waals surface area contributed by atoms with Gasteiger partial charge >= 0.3 is 0 Å². The molecular weight excluding hydrogens is 352 g/mol. The Morgan fingerprint density at radius 3 is 2.88 bits per heavy atom. The third-order valence-corrected chi connectivity index (χ3v) is 4.66. The molecule has 1 aromatic carbocycles. The fourth-order valence-corrected chi connectivity index (χ4v) is 3.21. The van der Waals surface area contributed by atoms with Crippen molar-refractivity contribution in [3.05, 3.63) is 54.0 Å². The van der Waals surface area contributed by atoms with Gasteiger partial charge in [0.1, 0.15) is 5.58 Å². The molecule has 7 nitrogen and oxygen atoms in total. The molecule has 0 saturated heterocycles. The maximum atomic E-state index is 12.8. The fraction of sp³-hybridized carbons (Fsp3) is 0.111. The van der Waals surface area contributed by atoms with E-state index in [9.17, 15) is 4.79 Å². The molecule has 0 radical (unpaired) electrons. The summed E-state index contributed by atoms with van der Waals surface area (Å²) in [5.74, 6) is -0.323. The van der Waals surface area contributed by atoms with Gasteiger partial charge in [-0.2, -0.15) is 0 Å². The molecule has 0 unspecified atom stereocenters. The molecule has 0 aliphatic heterocycles. The quantitative estimate of drug-likeness (QED) is 0.589. The number of aromatic nitrogens is 3. The number of anilines is 1. The SMILES string of the molecule is COc1nnc(NC(=O)c2cnc(C)cc2-c2coc3ccccc23)s1. The van der Waals surface area contributed by atoms with Crippen molar-refractivity contribution in [2.45, 2.75) is 6.92 Å². The van der Waals surface area contributed by atoms with E-state index in [0.29, 0.717) is 15.9 Å². The molecule has 8 heteroatoms. The van der Waals surface area contributed by atoms with E-state index < -0.39 is 0 Å². The van der Waals surface area contributed by atoms with E-state index in [0.717, 1.165) is 39.1 Å². The van der Waals surface area contributed by atoms with Gasteiger partial charge in [-0.05, 0) is 30.4 Å². The minimum absolute atomic E-state index is 0.323. The summed E-state index contributed by atoms with van der Waals surface area (Å²) in [6.07, 6.45) is 3.21. The minimum atomic E-state index is -0.323. The second-order valence-corrected chi connectivity index (χ2v) is 6.49.